The van der Waals surface area contributed by atoms with Gasteiger partial charge in [0.05, 0.1) is 37.5 Å². The van der Waals surface area contributed by atoms with Gasteiger partial charge in [-0.1, -0.05) is 47.6 Å². The van der Waals surface area contributed by atoms with Crippen molar-refractivity contribution in [1.29, 1.82) is 0 Å². The normalized spacial score (nSPS) is 17.3. The molecule has 1 amide bonds. The molecule has 0 saturated carbocycles. The van der Waals surface area contributed by atoms with Gasteiger partial charge in [-0.15, -0.1) is 0 Å². The van der Waals surface area contributed by atoms with Crippen LogP contribution in [0.25, 0.3) is 0 Å². The zero-order valence-electron chi connectivity index (χ0n) is 17.4. The van der Waals surface area contributed by atoms with Crippen LogP contribution in [0, 0.1) is 0 Å². The smallest absolute Gasteiger partial charge is 0.434 e. The number of ether oxygens (including phenoxy) is 2. The average Bonchev–Trinajstić information content (AvgIpc) is 3.13. The van der Waals surface area contributed by atoms with Gasteiger partial charge in [0.25, 0.3) is 5.91 Å². The first-order valence-electron chi connectivity index (χ1n) is 9.88. The van der Waals surface area contributed by atoms with Gasteiger partial charge in [0.1, 0.15) is 0 Å². The fourth-order valence-corrected chi connectivity index (χ4v) is 2.98. The predicted molar refractivity (Wildman–Crippen MR) is 113 cm³/mol. The minimum absolute atomic E-state index is 0.0574. The lowest BCUT2D eigenvalue weighted by molar-refractivity contribution is -0.187. The van der Waals surface area contributed by atoms with Gasteiger partial charge in [-0.05, 0) is 31.5 Å². The van der Waals surface area contributed by atoms with Crippen molar-refractivity contribution in [2.45, 2.75) is 32.7 Å². The Labute approximate surface area is 180 Å². The van der Waals surface area contributed by atoms with Crippen molar-refractivity contribution in [2.24, 2.45) is 5.16 Å². The molecule has 1 unspecified atom stereocenters. The molecule has 0 aliphatic carbocycles. The Bertz CT molecular complexity index is 934. The van der Waals surface area contributed by atoms with Crippen LogP contribution in [0.2, 0.25) is 0 Å². The molecule has 9 heteroatoms. The van der Waals surface area contributed by atoms with Gasteiger partial charge >= 0.3 is 11.9 Å². The third-order valence-corrected chi connectivity index (χ3v) is 4.39. The summed E-state index contributed by atoms with van der Waals surface area (Å²) in [6.07, 6.45) is -0.581. The van der Waals surface area contributed by atoms with E-state index in [0.29, 0.717) is 17.0 Å². The predicted octanol–water partition coefficient (Wildman–Crippen LogP) is 3.63. The van der Waals surface area contributed by atoms with E-state index in [2.05, 4.69) is 16.0 Å². The van der Waals surface area contributed by atoms with E-state index in [-0.39, 0.29) is 26.2 Å². The lowest BCUT2D eigenvalue weighted by atomic mass is 10.1. The molecule has 1 heterocycles. The summed E-state index contributed by atoms with van der Waals surface area (Å²) in [6, 6.07) is 16.4. The number of amides is 1. The van der Waals surface area contributed by atoms with Gasteiger partial charge in [0.2, 0.25) is 0 Å². The summed E-state index contributed by atoms with van der Waals surface area (Å²) in [5, 5.41) is 6.99. The number of rotatable bonds is 9. The summed E-state index contributed by atoms with van der Waals surface area (Å²) in [5.41, 5.74) is 4.92. The van der Waals surface area contributed by atoms with Crippen LogP contribution in [0.15, 0.2) is 59.8 Å². The Morgan fingerprint density at radius 3 is 2.58 bits per heavy atom. The van der Waals surface area contributed by atoms with Crippen molar-refractivity contribution >= 4 is 23.5 Å². The molecule has 164 valence electrons. The van der Waals surface area contributed by atoms with Crippen LogP contribution < -0.4 is 10.8 Å². The molecule has 1 aliphatic rings. The minimum Gasteiger partial charge on any atom is -0.434 e. The third kappa shape index (κ3) is 6.19. The molecule has 2 aromatic rings. The minimum atomic E-state index is -1.36. The van der Waals surface area contributed by atoms with Gasteiger partial charge in [0.15, 0.2) is 0 Å². The van der Waals surface area contributed by atoms with Gasteiger partial charge in [-0.2, -0.15) is 0 Å². The summed E-state index contributed by atoms with van der Waals surface area (Å²) < 4.78 is 10.2. The molecule has 3 rings (SSSR count). The van der Waals surface area contributed by atoms with Crippen LogP contribution in [0.5, 0.6) is 0 Å². The molecule has 0 saturated heterocycles. The molecule has 0 fully saturated rings. The maximum Gasteiger partial charge on any atom is 0.511 e. The number of nitrogens with zero attached hydrogens (tertiary/aromatic N) is 1. The van der Waals surface area contributed by atoms with Crippen molar-refractivity contribution in [3.05, 3.63) is 65.7 Å². The summed E-state index contributed by atoms with van der Waals surface area (Å²) in [7, 11) is 0. The van der Waals surface area contributed by atoms with Gasteiger partial charge < -0.3 is 19.6 Å². The quantitative estimate of drug-likeness (QED) is 0.465. The summed E-state index contributed by atoms with van der Waals surface area (Å²) >= 11 is 0. The molecule has 2 aromatic carbocycles. The van der Waals surface area contributed by atoms with E-state index in [1.54, 1.807) is 38.1 Å². The Balaban J connectivity index is 1.62. The number of hydrogen-bond donors (Lipinski definition) is 2. The fourth-order valence-electron chi connectivity index (χ4n) is 2.98. The van der Waals surface area contributed by atoms with Crippen LogP contribution in [0.4, 0.5) is 10.5 Å². The maximum atomic E-state index is 12.6. The van der Waals surface area contributed by atoms with Crippen LogP contribution in [-0.4, -0.2) is 36.7 Å². The number of anilines is 1. The number of oxime groups is 1. The fraction of sp³-hybridized carbons (Fsp3) is 0.318. The molecular formula is C22H25N3O6. The lowest BCUT2D eigenvalue weighted by Gasteiger charge is -2.26. The molecule has 31 heavy (non-hydrogen) atoms. The molecule has 1 aliphatic heterocycles. The van der Waals surface area contributed by atoms with E-state index in [1.807, 2.05) is 30.3 Å². The number of para-hydroxylation sites is 1. The summed E-state index contributed by atoms with van der Waals surface area (Å²) in [5.74, 6) is -1.77. The standard InChI is InChI=1S/C22H25N3O6/c1-3-28-21(27)30-22(13-16(2)24-31-22)15-23-19-12-8-7-11-18(19)20(26)25-29-14-17-9-5-4-6-10-17/h4-12,23H,3,13-15H2,1-2H3,(H,25,26). The zero-order valence-corrected chi connectivity index (χ0v) is 17.4. The van der Waals surface area contributed by atoms with E-state index in [9.17, 15) is 9.59 Å². The van der Waals surface area contributed by atoms with Crippen molar-refractivity contribution < 1.29 is 28.7 Å². The SMILES string of the molecule is CCOC(=O)OC1(CNc2ccccc2C(=O)NOCc2ccccc2)CC(C)=NO1. The largest absolute Gasteiger partial charge is 0.511 e. The highest BCUT2D eigenvalue weighted by Crippen LogP contribution is 2.27. The van der Waals surface area contributed by atoms with E-state index in [4.69, 9.17) is 19.1 Å². The van der Waals surface area contributed by atoms with Crippen molar-refractivity contribution in [3.63, 3.8) is 0 Å². The van der Waals surface area contributed by atoms with Gasteiger partial charge in [-0.3, -0.25) is 9.63 Å². The molecular weight excluding hydrogens is 402 g/mol. The number of carbonyl (C=O) groups excluding carboxylic acids is 2. The van der Waals surface area contributed by atoms with E-state index < -0.39 is 17.8 Å². The molecule has 0 radical (unpaired) electrons. The zero-order chi connectivity index (χ0) is 22.1. The number of hydrogen-bond acceptors (Lipinski definition) is 8. The van der Waals surface area contributed by atoms with Crippen LogP contribution in [0.3, 0.4) is 0 Å². The average molecular weight is 427 g/mol. The first-order chi connectivity index (χ1) is 15.0. The van der Waals surface area contributed by atoms with Gasteiger partial charge in [-0.25, -0.2) is 10.3 Å². The van der Waals surface area contributed by atoms with Gasteiger partial charge in [0, 0.05) is 5.69 Å². The summed E-state index contributed by atoms with van der Waals surface area (Å²) in [6.45, 7) is 3.92. The number of carbonyl (C=O) groups is 2. The molecule has 1 atom stereocenters. The highest BCUT2D eigenvalue weighted by molar-refractivity contribution is 5.99. The Kier molecular flexibility index (Phi) is 7.45. The van der Waals surface area contributed by atoms with Crippen molar-refractivity contribution in [3.8, 4) is 0 Å². The second-order valence-corrected chi connectivity index (χ2v) is 6.89. The number of hydroxylamine groups is 1. The highest BCUT2D eigenvalue weighted by atomic mass is 16.8. The number of benzene rings is 2. The Morgan fingerprint density at radius 1 is 1.13 bits per heavy atom. The van der Waals surface area contributed by atoms with E-state index in [1.165, 1.54) is 0 Å². The van der Waals surface area contributed by atoms with Crippen molar-refractivity contribution in [2.75, 3.05) is 18.5 Å². The van der Waals surface area contributed by atoms with Crippen LogP contribution in [-0.2, 0) is 25.8 Å². The monoisotopic (exact) mass is 427 g/mol. The Hall–Kier alpha value is -3.59. The first kappa shape index (κ1) is 22.1. The summed E-state index contributed by atoms with van der Waals surface area (Å²) in [4.78, 5) is 35.2. The van der Waals surface area contributed by atoms with Crippen LogP contribution in [0.1, 0.15) is 36.2 Å². The number of nitrogens with one attached hydrogen (secondary N) is 2. The third-order valence-electron chi connectivity index (χ3n) is 4.39. The first-order valence-corrected chi connectivity index (χ1v) is 9.88. The Morgan fingerprint density at radius 2 is 1.87 bits per heavy atom. The lowest BCUT2D eigenvalue weighted by Crippen LogP contribution is -2.42. The highest BCUT2D eigenvalue weighted by Gasteiger charge is 2.43. The molecule has 9 nitrogen and oxygen atoms in total. The second-order valence-electron chi connectivity index (χ2n) is 6.89. The second kappa shape index (κ2) is 10.4. The van der Waals surface area contributed by atoms with E-state index >= 15 is 0 Å². The molecule has 2 N–H and O–H groups in total. The topological polar surface area (TPSA) is 107 Å². The molecule has 0 spiro atoms. The maximum absolute atomic E-state index is 12.6. The van der Waals surface area contributed by atoms with Crippen molar-refractivity contribution in [1.82, 2.24) is 5.48 Å². The van der Waals surface area contributed by atoms with E-state index in [0.717, 1.165) is 5.56 Å². The molecule has 0 bridgehead atoms. The molecule has 0 aromatic heterocycles. The van der Waals surface area contributed by atoms with Crippen LogP contribution >= 0.6 is 0 Å².